The van der Waals surface area contributed by atoms with E-state index in [1.54, 1.807) is 24.3 Å². The number of amides is 2. The summed E-state index contributed by atoms with van der Waals surface area (Å²) in [5.74, 6) is 0.0399. The predicted octanol–water partition coefficient (Wildman–Crippen LogP) is 3.64. The zero-order chi connectivity index (χ0) is 26.7. The van der Waals surface area contributed by atoms with Gasteiger partial charge >= 0.3 is 10.2 Å². The molecule has 3 aromatic rings. The third-order valence-corrected chi connectivity index (χ3v) is 8.12. The molecule has 2 aliphatic rings. The van der Waals surface area contributed by atoms with E-state index in [2.05, 4.69) is 10.3 Å². The van der Waals surface area contributed by atoms with E-state index >= 15 is 0 Å². The van der Waals surface area contributed by atoms with Crippen molar-refractivity contribution in [1.82, 2.24) is 14.3 Å². The zero-order valence-corrected chi connectivity index (χ0v) is 22.0. The van der Waals surface area contributed by atoms with Crippen LogP contribution in [0.2, 0.25) is 0 Å². The highest BCUT2D eigenvalue weighted by molar-refractivity contribution is 8.18. The molecule has 0 unspecified atom stereocenters. The van der Waals surface area contributed by atoms with Gasteiger partial charge in [-0.05, 0) is 65.7 Å². The number of carbonyl (C=O) groups excluding carboxylic acids is 2. The van der Waals surface area contributed by atoms with E-state index in [4.69, 9.17) is 4.74 Å². The Morgan fingerprint density at radius 3 is 2.32 bits per heavy atom. The molecule has 0 atom stereocenters. The Morgan fingerprint density at radius 2 is 1.66 bits per heavy atom. The van der Waals surface area contributed by atoms with E-state index in [0.717, 1.165) is 21.2 Å². The zero-order valence-electron chi connectivity index (χ0n) is 20.4. The van der Waals surface area contributed by atoms with Gasteiger partial charge in [0, 0.05) is 6.54 Å². The molecule has 3 aromatic carbocycles. The number of hydrogen-bond donors (Lipinski definition) is 2. The number of nitrogens with one attached hydrogen (secondary N) is 2. The average molecular weight is 549 g/mol. The Hall–Kier alpha value is -3.93. The summed E-state index contributed by atoms with van der Waals surface area (Å²) in [5, 5.41) is 3.22. The van der Waals surface area contributed by atoms with Gasteiger partial charge in [0.05, 0.1) is 17.1 Å². The number of rotatable bonds is 7. The van der Waals surface area contributed by atoms with E-state index < -0.39 is 16.1 Å². The molecular weight excluding hydrogens is 524 g/mol. The number of nitrogens with zero attached hydrogens (tertiary/aromatic N) is 2. The first kappa shape index (κ1) is 25.7. The van der Waals surface area contributed by atoms with Crippen molar-refractivity contribution in [2.45, 2.75) is 20.1 Å². The second-order valence-corrected chi connectivity index (χ2v) is 11.5. The summed E-state index contributed by atoms with van der Waals surface area (Å²) in [4.78, 5) is 28.9. The van der Waals surface area contributed by atoms with E-state index in [1.807, 2.05) is 66.3 Å². The maximum absolute atomic E-state index is 12.5. The van der Waals surface area contributed by atoms with Gasteiger partial charge in [0.1, 0.15) is 12.4 Å². The van der Waals surface area contributed by atoms with Crippen LogP contribution in [-0.4, -0.2) is 36.2 Å². The van der Waals surface area contributed by atoms with Gasteiger partial charge in [0.15, 0.2) is 5.17 Å². The summed E-state index contributed by atoms with van der Waals surface area (Å²) in [6, 6.07) is 22.6. The molecule has 0 saturated carbocycles. The number of benzene rings is 3. The molecule has 2 aliphatic heterocycles. The molecule has 194 valence electrons. The molecule has 38 heavy (non-hydrogen) atoms. The molecule has 11 heteroatoms. The second kappa shape index (κ2) is 10.8. The Bertz CT molecular complexity index is 1530. The van der Waals surface area contributed by atoms with Crippen LogP contribution in [0.5, 0.6) is 5.75 Å². The topological polar surface area (TPSA) is 117 Å². The van der Waals surface area contributed by atoms with E-state index in [9.17, 15) is 18.0 Å². The molecule has 9 nitrogen and oxygen atoms in total. The first-order chi connectivity index (χ1) is 18.2. The third kappa shape index (κ3) is 6.31. The van der Waals surface area contributed by atoms with Crippen molar-refractivity contribution in [1.29, 1.82) is 0 Å². The highest BCUT2D eigenvalue weighted by Crippen LogP contribution is 2.28. The molecule has 0 radical (unpaired) electrons. The fraction of sp³-hybridized carbons (Fsp3) is 0.148. The molecule has 5 rings (SSSR count). The lowest BCUT2D eigenvalue weighted by Crippen LogP contribution is -2.29. The third-order valence-electron chi connectivity index (χ3n) is 5.78. The van der Waals surface area contributed by atoms with Crippen LogP contribution < -0.4 is 14.8 Å². The Kier molecular flexibility index (Phi) is 7.32. The lowest BCUT2D eigenvalue weighted by Gasteiger charge is -2.12. The van der Waals surface area contributed by atoms with E-state index in [0.29, 0.717) is 27.9 Å². The standard InChI is InChI=1S/C27H24N4O5S2/c1-18-2-12-23(13-3-18)36-17-21-6-4-19(5-7-21)14-24-26(33)29-27(37-24)28-22-10-8-20(9-11-22)15-31-16-25(32)30-38(31,34)35/h2-14H,15-17H2,1H3,(H,30,32)(H,28,29,33)/b24-14+. The minimum atomic E-state index is -3.78. The van der Waals surface area contributed by atoms with Crippen LogP contribution in [0.1, 0.15) is 22.3 Å². The van der Waals surface area contributed by atoms with Gasteiger partial charge in [0.25, 0.3) is 5.91 Å². The van der Waals surface area contributed by atoms with Gasteiger partial charge in [-0.25, -0.2) is 9.71 Å². The van der Waals surface area contributed by atoms with Crippen molar-refractivity contribution in [2.24, 2.45) is 4.99 Å². The molecule has 2 fully saturated rings. The lowest BCUT2D eigenvalue weighted by molar-refractivity contribution is -0.118. The van der Waals surface area contributed by atoms with Crippen LogP contribution in [0.4, 0.5) is 5.69 Å². The summed E-state index contributed by atoms with van der Waals surface area (Å²) < 4.78 is 32.6. The minimum Gasteiger partial charge on any atom is -0.489 e. The minimum absolute atomic E-state index is 0.0766. The van der Waals surface area contributed by atoms with E-state index in [1.165, 1.54) is 17.3 Å². The summed E-state index contributed by atoms with van der Waals surface area (Å²) in [7, 11) is -3.78. The van der Waals surface area contributed by atoms with Crippen LogP contribution in [-0.2, 0) is 33.0 Å². The molecular formula is C27H24N4O5S2. The summed E-state index contributed by atoms with van der Waals surface area (Å²) in [5.41, 5.74) is 4.41. The molecule has 2 heterocycles. The average Bonchev–Trinajstić information content (AvgIpc) is 3.36. The normalized spacial score (nSPS) is 19.1. The number of thioether (sulfide) groups is 1. The van der Waals surface area contributed by atoms with Crippen LogP contribution in [0, 0.1) is 6.92 Å². The van der Waals surface area contributed by atoms with Crippen molar-refractivity contribution in [3.8, 4) is 5.75 Å². The molecule has 0 aromatic heterocycles. The van der Waals surface area contributed by atoms with E-state index in [-0.39, 0.29) is 19.0 Å². The van der Waals surface area contributed by atoms with Crippen molar-refractivity contribution >= 4 is 50.7 Å². The van der Waals surface area contributed by atoms with Crippen molar-refractivity contribution in [3.05, 3.63) is 100.0 Å². The van der Waals surface area contributed by atoms with Gasteiger partial charge in [-0.15, -0.1) is 0 Å². The maximum Gasteiger partial charge on any atom is 0.304 e. The molecule has 0 aliphatic carbocycles. The smallest absolute Gasteiger partial charge is 0.304 e. The Morgan fingerprint density at radius 1 is 0.974 bits per heavy atom. The fourth-order valence-corrected chi connectivity index (χ4v) is 5.70. The second-order valence-electron chi connectivity index (χ2n) is 8.79. The number of carbonyl (C=O) groups is 2. The summed E-state index contributed by atoms with van der Waals surface area (Å²) in [6.45, 7) is 2.36. The van der Waals surface area contributed by atoms with Crippen LogP contribution in [0.15, 0.2) is 82.7 Å². The van der Waals surface area contributed by atoms with Crippen molar-refractivity contribution in [3.63, 3.8) is 0 Å². The van der Waals surface area contributed by atoms with Gasteiger partial charge in [-0.1, -0.05) is 54.1 Å². The van der Waals surface area contributed by atoms with Crippen LogP contribution in [0.25, 0.3) is 6.08 Å². The molecule has 2 N–H and O–H groups in total. The largest absolute Gasteiger partial charge is 0.489 e. The SMILES string of the molecule is Cc1ccc(OCc2ccc(/C=C3/SC(=Nc4ccc(CN5CC(=O)NS5(=O)=O)cc4)NC3=O)cc2)cc1. The van der Waals surface area contributed by atoms with Gasteiger partial charge in [0.2, 0.25) is 5.91 Å². The lowest BCUT2D eigenvalue weighted by atomic mass is 10.1. The Balaban J connectivity index is 1.19. The summed E-state index contributed by atoms with van der Waals surface area (Å²) >= 11 is 1.24. The molecule has 0 bridgehead atoms. The monoisotopic (exact) mass is 548 g/mol. The van der Waals surface area contributed by atoms with Gasteiger partial charge in [-0.2, -0.15) is 12.7 Å². The quantitative estimate of drug-likeness (QED) is 0.436. The number of hydrogen-bond acceptors (Lipinski definition) is 7. The van der Waals surface area contributed by atoms with Gasteiger partial charge < -0.3 is 10.1 Å². The number of ether oxygens (including phenoxy) is 1. The fourth-order valence-electron chi connectivity index (χ4n) is 3.77. The molecule has 2 amide bonds. The predicted molar refractivity (Wildman–Crippen MR) is 147 cm³/mol. The Labute approximate surface area is 224 Å². The van der Waals surface area contributed by atoms with Crippen LogP contribution >= 0.6 is 11.8 Å². The first-order valence-corrected chi connectivity index (χ1v) is 14.0. The molecule has 2 saturated heterocycles. The molecule has 0 spiro atoms. The number of aryl methyl sites for hydroxylation is 1. The first-order valence-electron chi connectivity index (χ1n) is 11.7. The highest BCUT2D eigenvalue weighted by atomic mass is 32.2. The van der Waals surface area contributed by atoms with Crippen molar-refractivity contribution in [2.75, 3.05) is 6.54 Å². The van der Waals surface area contributed by atoms with Crippen LogP contribution in [0.3, 0.4) is 0 Å². The number of amidine groups is 1. The summed E-state index contributed by atoms with van der Waals surface area (Å²) in [6.07, 6.45) is 1.81. The highest BCUT2D eigenvalue weighted by Gasteiger charge is 2.33. The maximum atomic E-state index is 12.5. The van der Waals surface area contributed by atoms with Crippen molar-refractivity contribution < 1.29 is 22.7 Å². The van der Waals surface area contributed by atoms with Gasteiger partial charge in [-0.3, -0.25) is 9.59 Å². The number of aliphatic imine (C=N–C) groups is 1.